The molecule has 1 saturated carbocycles. The largest absolute Gasteiger partial charge is 0.388 e. The minimum atomic E-state index is -0.512. The van der Waals surface area contributed by atoms with Gasteiger partial charge >= 0.3 is 0 Å². The molecule has 21 heavy (non-hydrogen) atoms. The highest BCUT2D eigenvalue weighted by Gasteiger charge is 2.41. The number of nitrogens with one attached hydrogen (secondary N) is 1. The molecule has 1 atom stereocenters. The number of hydrogen-bond donors (Lipinski definition) is 2. The summed E-state index contributed by atoms with van der Waals surface area (Å²) < 4.78 is 0. The molecule has 1 aromatic rings. The summed E-state index contributed by atoms with van der Waals surface area (Å²) in [6.45, 7) is 5.94. The van der Waals surface area contributed by atoms with E-state index in [0.717, 1.165) is 35.2 Å². The molecule has 3 nitrogen and oxygen atoms in total. The van der Waals surface area contributed by atoms with Crippen LogP contribution in [0.5, 0.6) is 0 Å². The third-order valence-electron chi connectivity index (χ3n) is 5.21. The van der Waals surface area contributed by atoms with Crippen LogP contribution in [-0.4, -0.2) is 11.0 Å². The number of aliphatic hydroxyl groups is 1. The summed E-state index contributed by atoms with van der Waals surface area (Å²) in [6, 6.07) is 4.12. The topological polar surface area (TPSA) is 49.3 Å². The number of benzene rings is 1. The average Bonchev–Trinajstić information content (AvgIpc) is 2.69. The Kier molecular flexibility index (Phi) is 3.56. The Labute approximate surface area is 126 Å². The molecule has 0 bridgehead atoms. The lowest BCUT2D eigenvalue weighted by atomic mass is 9.79. The van der Waals surface area contributed by atoms with E-state index in [1.54, 1.807) is 0 Å². The summed E-state index contributed by atoms with van der Waals surface area (Å²) in [5.41, 5.74) is 3.40. The van der Waals surface area contributed by atoms with Gasteiger partial charge < -0.3 is 10.4 Å². The van der Waals surface area contributed by atoms with Crippen LogP contribution < -0.4 is 5.32 Å². The first kappa shape index (κ1) is 14.6. The number of carbonyl (C=O) groups excluding carboxylic acids is 1. The van der Waals surface area contributed by atoms with Gasteiger partial charge in [0.1, 0.15) is 0 Å². The Morgan fingerprint density at radius 1 is 1.24 bits per heavy atom. The maximum atomic E-state index is 12.2. The summed E-state index contributed by atoms with van der Waals surface area (Å²) in [4.78, 5) is 12.2. The standard InChI is InChI=1S/C18H25NO2/c1-11-9-13(16(20)12-7-5-4-6-8-12)15-14(10-11)18(2,3)17(21)19-15/h9-10,12,16,20H,4-8H2,1-3H3,(H,19,21). The Balaban J connectivity index is 2.02. The first-order valence-electron chi connectivity index (χ1n) is 8.06. The van der Waals surface area contributed by atoms with Crippen molar-refractivity contribution in [1.82, 2.24) is 0 Å². The molecule has 2 aliphatic rings. The van der Waals surface area contributed by atoms with Gasteiger partial charge in [0, 0.05) is 5.56 Å². The van der Waals surface area contributed by atoms with Crippen molar-refractivity contribution < 1.29 is 9.90 Å². The van der Waals surface area contributed by atoms with Crippen molar-refractivity contribution in [2.45, 2.75) is 64.4 Å². The predicted octanol–water partition coefficient (Wildman–Crippen LogP) is 3.84. The minimum Gasteiger partial charge on any atom is -0.388 e. The van der Waals surface area contributed by atoms with Gasteiger partial charge in [-0.2, -0.15) is 0 Å². The Bertz CT molecular complexity index is 571. The maximum Gasteiger partial charge on any atom is 0.234 e. The van der Waals surface area contributed by atoms with Gasteiger partial charge in [0.05, 0.1) is 17.2 Å². The highest BCUT2D eigenvalue weighted by atomic mass is 16.3. The second-order valence-electron chi connectivity index (χ2n) is 7.20. The van der Waals surface area contributed by atoms with Gasteiger partial charge in [-0.15, -0.1) is 0 Å². The van der Waals surface area contributed by atoms with E-state index in [0.29, 0.717) is 5.92 Å². The van der Waals surface area contributed by atoms with Gasteiger partial charge in [-0.05, 0) is 45.1 Å². The molecule has 1 aliphatic heterocycles. The van der Waals surface area contributed by atoms with Gasteiger partial charge in [-0.3, -0.25) is 4.79 Å². The monoisotopic (exact) mass is 287 g/mol. The third-order valence-corrected chi connectivity index (χ3v) is 5.21. The summed E-state index contributed by atoms with van der Waals surface area (Å²) >= 11 is 0. The third kappa shape index (κ3) is 2.38. The molecule has 3 heteroatoms. The highest BCUT2D eigenvalue weighted by Crippen LogP contribution is 2.45. The summed E-state index contributed by atoms with van der Waals surface area (Å²) in [5.74, 6) is 0.352. The van der Waals surface area contributed by atoms with Crippen LogP contribution in [0, 0.1) is 12.8 Å². The molecule has 1 fully saturated rings. The lowest BCUT2D eigenvalue weighted by Crippen LogP contribution is -2.26. The van der Waals surface area contributed by atoms with Crippen molar-refractivity contribution in [2.24, 2.45) is 5.92 Å². The van der Waals surface area contributed by atoms with E-state index in [4.69, 9.17) is 0 Å². The molecule has 1 aromatic carbocycles. The fourth-order valence-electron chi connectivity index (χ4n) is 3.78. The zero-order chi connectivity index (χ0) is 15.2. The number of aliphatic hydroxyl groups excluding tert-OH is 1. The van der Waals surface area contributed by atoms with Crippen molar-refractivity contribution in [3.8, 4) is 0 Å². The highest BCUT2D eigenvalue weighted by molar-refractivity contribution is 6.06. The Morgan fingerprint density at radius 2 is 1.90 bits per heavy atom. The molecule has 114 valence electrons. The van der Waals surface area contributed by atoms with Crippen molar-refractivity contribution in [2.75, 3.05) is 5.32 Å². The van der Waals surface area contributed by atoms with Crippen LogP contribution in [0.15, 0.2) is 12.1 Å². The van der Waals surface area contributed by atoms with Crippen LogP contribution in [-0.2, 0) is 10.2 Å². The number of fused-ring (bicyclic) bond motifs is 1. The van der Waals surface area contributed by atoms with Crippen LogP contribution in [0.25, 0.3) is 0 Å². The zero-order valence-corrected chi connectivity index (χ0v) is 13.2. The van der Waals surface area contributed by atoms with E-state index in [1.165, 1.54) is 19.3 Å². The Morgan fingerprint density at radius 3 is 2.57 bits per heavy atom. The molecule has 1 amide bonds. The van der Waals surface area contributed by atoms with Gasteiger partial charge in [-0.25, -0.2) is 0 Å². The fraction of sp³-hybridized carbons (Fsp3) is 0.611. The van der Waals surface area contributed by atoms with Crippen LogP contribution in [0.4, 0.5) is 5.69 Å². The lowest BCUT2D eigenvalue weighted by Gasteiger charge is -2.28. The molecule has 0 aromatic heterocycles. The van der Waals surface area contributed by atoms with Gasteiger partial charge in [0.2, 0.25) is 5.91 Å². The molecule has 1 aliphatic carbocycles. The normalized spacial score (nSPS) is 22.8. The zero-order valence-electron chi connectivity index (χ0n) is 13.2. The van der Waals surface area contributed by atoms with Crippen molar-refractivity contribution >= 4 is 11.6 Å². The van der Waals surface area contributed by atoms with Crippen molar-refractivity contribution in [3.05, 3.63) is 28.8 Å². The number of amides is 1. The molecule has 0 saturated heterocycles. The van der Waals surface area contributed by atoms with E-state index in [1.807, 2.05) is 26.8 Å². The molecular weight excluding hydrogens is 262 g/mol. The number of carbonyl (C=O) groups is 1. The van der Waals surface area contributed by atoms with Gasteiger partial charge in [-0.1, -0.05) is 37.0 Å². The number of hydrogen-bond acceptors (Lipinski definition) is 2. The first-order valence-corrected chi connectivity index (χ1v) is 8.06. The molecule has 2 N–H and O–H groups in total. The second-order valence-corrected chi connectivity index (χ2v) is 7.20. The van der Waals surface area contributed by atoms with Crippen LogP contribution in [0.3, 0.4) is 0 Å². The number of anilines is 1. The fourth-order valence-corrected chi connectivity index (χ4v) is 3.78. The predicted molar refractivity (Wildman–Crippen MR) is 84.4 cm³/mol. The van der Waals surface area contributed by atoms with E-state index in [2.05, 4.69) is 11.4 Å². The maximum absolute atomic E-state index is 12.2. The first-order chi connectivity index (χ1) is 9.91. The van der Waals surface area contributed by atoms with Crippen molar-refractivity contribution in [1.29, 1.82) is 0 Å². The summed E-state index contributed by atoms with van der Waals surface area (Å²) in [7, 11) is 0. The van der Waals surface area contributed by atoms with Crippen LogP contribution in [0.1, 0.15) is 68.7 Å². The van der Waals surface area contributed by atoms with Crippen molar-refractivity contribution in [3.63, 3.8) is 0 Å². The van der Waals surface area contributed by atoms with E-state index in [9.17, 15) is 9.90 Å². The smallest absolute Gasteiger partial charge is 0.234 e. The van der Waals surface area contributed by atoms with Crippen LogP contribution >= 0.6 is 0 Å². The second kappa shape index (κ2) is 5.13. The van der Waals surface area contributed by atoms with E-state index >= 15 is 0 Å². The number of rotatable bonds is 2. The molecule has 1 heterocycles. The molecule has 1 unspecified atom stereocenters. The number of aryl methyl sites for hydroxylation is 1. The lowest BCUT2D eigenvalue weighted by molar-refractivity contribution is -0.119. The van der Waals surface area contributed by atoms with Crippen LogP contribution in [0.2, 0.25) is 0 Å². The van der Waals surface area contributed by atoms with Gasteiger partial charge in [0.25, 0.3) is 0 Å². The molecular formula is C18H25NO2. The molecule has 0 spiro atoms. The quantitative estimate of drug-likeness (QED) is 0.868. The van der Waals surface area contributed by atoms with Gasteiger partial charge in [0.15, 0.2) is 0 Å². The Hall–Kier alpha value is -1.35. The summed E-state index contributed by atoms with van der Waals surface area (Å²) in [6.07, 6.45) is 5.39. The molecule has 0 radical (unpaired) electrons. The van der Waals surface area contributed by atoms with E-state index in [-0.39, 0.29) is 5.91 Å². The summed E-state index contributed by atoms with van der Waals surface area (Å²) in [5, 5.41) is 13.8. The minimum absolute atomic E-state index is 0.0280. The molecule has 3 rings (SSSR count). The van der Waals surface area contributed by atoms with E-state index < -0.39 is 11.5 Å². The SMILES string of the molecule is Cc1cc(C(O)C2CCCCC2)c2c(c1)C(C)(C)C(=O)N2. The average molecular weight is 287 g/mol.